The van der Waals surface area contributed by atoms with Crippen LogP contribution < -0.4 is 21.5 Å². The van der Waals surface area contributed by atoms with Crippen molar-refractivity contribution in [3.8, 4) is 16.9 Å². The van der Waals surface area contributed by atoms with Crippen molar-refractivity contribution < 1.29 is 18.0 Å². The first-order valence-electron chi connectivity index (χ1n) is 11.0. The third-order valence-electron chi connectivity index (χ3n) is 5.93. The number of amides is 3. The van der Waals surface area contributed by atoms with Gasteiger partial charge in [-0.1, -0.05) is 24.3 Å². The van der Waals surface area contributed by atoms with Crippen LogP contribution in [0.3, 0.4) is 0 Å². The number of urea groups is 1. The number of hydrogen-bond donors (Lipinski definition) is 4. The normalized spacial score (nSPS) is 12.4. The summed E-state index contributed by atoms with van der Waals surface area (Å²) < 4.78 is 24.9. The second kappa shape index (κ2) is 8.95. The second-order valence-electron chi connectivity index (χ2n) is 8.31. The Kier molecular flexibility index (Phi) is 5.78. The molecule has 0 bridgehead atoms. The summed E-state index contributed by atoms with van der Waals surface area (Å²) >= 11 is 0. The lowest BCUT2D eigenvalue weighted by molar-refractivity contribution is 0.0994. The topological polar surface area (TPSA) is 162 Å². The molecule has 0 saturated heterocycles. The highest BCUT2D eigenvalue weighted by molar-refractivity contribution is 7.89. The molecule has 0 spiro atoms. The van der Waals surface area contributed by atoms with E-state index in [9.17, 15) is 18.0 Å². The van der Waals surface area contributed by atoms with Crippen molar-refractivity contribution in [1.82, 2.24) is 9.78 Å². The maximum Gasteiger partial charge on any atom is 0.323 e. The van der Waals surface area contributed by atoms with Crippen LogP contribution in [0.15, 0.2) is 77.7 Å². The molecule has 11 heteroatoms. The fourth-order valence-electron chi connectivity index (χ4n) is 4.29. The van der Waals surface area contributed by atoms with Crippen molar-refractivity contribution in [1.29, 1.82) is 0 Å². The molecule has 3 aromatic carbocycles. The lowest BCUT2D eigenvalue weighted by atomic mass is 9.88. The van der Waals surface area contributed by atoms with Crippen molar-refractivity contribution in [2.45, 2.75) is 17.7 Å². The van der Waals surface area contributed by atoms with Crippen molar-refractivity contribution in [3.05, 3.63) is 89.6 Å². The number of para-hydroxylation sites is 1. The Hall–Kier alpha value is -4.48. The average Bonchev–Trinajstić information content (AvgIpc) is 3.25. The van der Waals surface area contributed by atoms with Gasteiger partial charge in [-0.15, -0.1) is 0 Å². The minimum atomic E-state index is -3.87. The number of aryl methyl sites for hydroxylation is 1. The Morgan fingerprint density at radius 2 is 1.58 bits per heavy atom. The number of rotatable bonds is 5. The lowest BCUT2D eigenvalue weighted by Crippen LogP contribution is -2.19. The van der Waals surface area contributed by atoms with Crippen LogP contribution in [0, 0.1) is 0 Å². The molecule has 6 N–H and O–H groups in total. The molecule has 1 aliphatic carbocycles. The first-order chi connectivity index (χ1) is 17.2. The predicted octanol–water partition coefficient (Wildman–Crippen LogP) is 3.03. The molecular weight excluding hydrogens is 480 g/mol. The van der Waals surface area contributed by atoms with Crippen LogP contribution in [-0.4, -0.2) is 30.1 Å². The molecule has 1 heterocycles. The van der Waals surface area contributed by atoms with E-state index in [0.29, 0.717) is 41.2 Å². The number of nitrogens with one attached hydrogen (secondary N) is 2. The van der Waals surface area contributed by atoms with Gasteiger partial charge in [0.2, 0.25) is 10.0 Å². The Balaban J connectivity index is 1.55. The number of carbonyl (C=O) groups is 2. The highest BCUT2D eigenvalue weighted by Crippen LogP contribution is 2.38. The largest absolute Gasteiger partial charge is 0.364 e. The van der Waals surface area contributed by atoms with Crippen LogP contribution in [-0.2, 0) is 22.9 Å². The summed E-state index contributed by atoms with van der Waals surface area (Å²) in [7, 11) is -3.87. The molecule has 182 valence electrons. The predicted molar refractivity (Wildman–Crippen MR) is 135 cm³/mol. The van der Waals surface area contributed by atoms with Crippen LogP contribution in [0.4, 0.5) is 16.2 Å². The maximum absolute atomic E-state index is 12.5. The van der Waals surface area contributed by atoms with Crippen molar-refractivity contribution in [2.75, 3.05) is 10.6 Å². The van der Waals surface area contributed by atoms with Gasteiger partial charge in [0.25, 0.3) is 5.91 Å². The number of sulfonamides is 1. The summed E-state index contributed by atoms with van der Waals surface area (Å²) in [6.07, 6.45) is 1.21. The molecular formula is C25H22N6O4S. The molecule has 4 aromatic rings. The Morgan fingerprint density at radius 3 is 2.25 bits per heavy atom. The van der Waals surface area contributed by atoms with Gasteiger partial charge < -0.3 is 16.4 Å². The van der Waals surface area contributed by atoms with E-state index < -0.39 is 22.0 Å². The molecule has 0 atom stereocenters. The molecule has 3 amide bonds. The fourth-order valence-corrected chi connectivity index (χ4v) is 4.81. The van der Waals surface area contributed by atoms with Crippen molar-refractivity contribution >= 4 is 33.3 Å². The van der Waals surface area contributed by atoms with Gasteiger partial charge in [0.05, 0.1) is 16.3 Å². The number of primary amides is 1. The van der Waals surface area contributed by atoms with Crippen LogP contribution in [0.5, 0.6) is 0 Å². The average molecular weight is 503 g/mol. The molecule has 0 radical (unpaired) electrons. The van der Waals surface area contributed by atoms with E-state index in [1.165, 1.54) is 12.1 Å². The Morgan fingerprint density at radius 1 is 0.889 bits per heavy atom. The van der Waals surface area contributed by atoms with Crippen molar-refractivity contribution in [2.24, 2.45) is 10.9 Å². The molecule has 10 nitrogen and oxygen atoms in total. The Bertz CT molecular complexity index is 1600. The van der Waals surface area contributed by atoms with Gasteiger partial charge in [0.15, 0.2) is 5.69 Å². The number of fused-ring (bicyclic) bond motifs is 3. The number of hydrogen-bond acceptors (Lipinski definition) is 5. The highest BCUT2D eigenvalue weighted by Gasteiger charge is 2.28. The molecule has 0 fully saturated rings. The third-order valence-corrected chi connectivity index (χ3v) is 6.85. The zero-order valence-electron chi connectivity index (χ0n) is 18.9. The van der Waals surface area contributed by atoms with Gasteiger partial charge in [-0.3, -0.25) is 4.79 Å². The van der Waals surface area contributed by atoms with Crippen LogP contribution in [0.25, 0.3) is 16.9 Å². The zero-order valence-corrected chi connectivity index (χ0v) is 19.7. The number of nitrogens with two attached hydrogens (primary N) is 2. The van der Waals surface area contributed by atoms with Crippen molar-refractivity contribution in [3.63, 3.8) is 0 Å². The van der Waals surface area contributed by atoms with E-state index in [-0.39, 0.29) is 10.6 Å². The summed E-state index contributed by atoms with van der Waals surface area (Å²) in [5.41, 5.74) is 10.6. The summed E-state index contributed by atoms with van der Waals surface area (Å²) in [6, 6.07) is 20.1. The summed E-state index contributed by atoms with van der Waals surface area (Å²) in [6.45, 7) is 0. The molecule has 0 aliphatic heterocycles. The molecule has 1 aromatic heterocycles. The van der Waals surface area contributed by atoms with E-state index >= 15 is 0 Å². The number of nitrogens with zero attached hydrogens (tertiary/aromatic N) is 2. The monoisotopic (exact) mass is 502 g/mol. The van der Waals surface area contributed by atoms with Gasteiger partial charge in [-0.2, -0.15) is 5.10 Å². The third kappa shape index (κ3) is 4.44. The molecule has 36 heavy (non-hydrogen) atoms. The van der Waals surface area contributed by atoms with E-state index in [1.807, 2.05) is 36.4 Å². The summed E-state index contributed by atoms with van der Waals surface area (Å²) in [4.78, 5) is 24.7. The quantitative estimate of drug-likeness (QED) is 0.329. The number of primary sulfonamides is 1. The first-order valence-corrected chi connectivity index (χ1v) is 12.6. The SMILES string of the molecule is NC(=O)c1nn(-c2ccc(S(N)(=O)=O)cc2)c2c1CCc1ccc(NC(=O)Nc3ccccc3)cc1-2. The summed E-state index contributed by atoms with van der Waals surface area (Å²) in [5, 5.41) is 15.3. The molecule has 5 rings (SSSR count). The number of aromatic nitrogens is 2. The fraction of sp³-hybridized carbons (Fsp3) is 0.0800. The standard InChI is InChI=1S/C25H22N6O4S/c26-24(32)22-20-13-7-15-6-8-17(29-25(33)28-16-4-2-1-3-5-16)14-21(15)23(20)31(30-22)18-9-11-19(12-10-18)36(27,34)35/h1-6,8-12,14H,7,13H2,(H2,26,32)(H2,27,34,35)(H2,28,29,33). The number of benzene rings is 3. The Labute approximate surface area is 207 Å². The van der Waals surface area contributed by atoms with E-state index in [0.717, 1.165) is 11.1 Å². The molecule has 0 saturated carbocycles. The van der Waals surface area contributed by atoms with Crippen LogP contribution in [0.2, 0.25) is 0 Å². The highest BCUT2D eigenvalue weighted by atomic mass is 32.2. The number of carbonyl (C=O) groups excluding carboxylic acids is 2. The van der Waals surface area contributed by atoms with Crippen LogP contribution >= 0.6 is 0 Å². The lowest BCUT2D eigenvalue weighted by Gasteiger charge is -2.20. The van der Waals surface area contributed by atoms with Gasteiger partial charge >= 0.3 is 6.03 Å². The number of anilines is 2. The molecule has 1 aliphatic rings. The van der Waals surface area contributed by atoms with Crippen LogP contribution in [0.1, 0.15) is 21.6 Å². The summed E-state index contributed by atoms with van der Waals surface area (Å²) in [5.74, 6) is -0.661. The van der Waals surface area contributed by atoms with Gasteiger partial charge in [-0.05, 0) is 66.9 Å². The molecule has 0 unspecified atom stereocenters. The van der Waals surface area contributed by atoms with E-state index in [1.54, 1.807) is 28.9 Å². The smallest absolute Gasteiger partial charge is 0.323 e. The van der Waals surface area contributed by atoms with E-state index in [4.69, 9.17) is 10.9 Å². The minimum absolute atomic E-state index is 0.0429. The first kappa shape index (κ1) is 23.3. The zero-order chi connectivity index (χ0) is 25.4. The van der Waals surface area contributed by atoms with Gasteiger partial charge in [0.1, 0.15) is 0 Å². The minimum Gasteiger partial charge on any atom is -0.364 e. The second-order valence-corrected chi connectivity index (χ2v) is 9.87. The van der Waals surface area contributed by atoms with Gasteiger partial charge in [0, 0.05) is 22.5 Å². The maximum atomic E-state index is 12.5. The van der Waals surface area contributed by atoms with Gasteiger partial charge in [-0.25, -0.2) is 23.0 Å². The van der Waals surface area contributed by atoms with E-state index in [2.05, 4.69) is 15.7 Å².